The van der Waals surface area contributed by atoms with Crippen LogP contribution in [0.4, 0.5) is 0 Å². The molecule has 0 aliphatic carbocycles. The number of aromatic hydroxyl groups is 1. The third-order valence-corrected chi connectivity index (χ3v) is 5.40. The Hall–Kier alpha value is -2.08. The van der Waals surface area contributed by atoms with Gasteiger partial charge in [0.1, 0.15) is 28.9 Å². The summed E-state index contributed by atoms with van der Waals surface area (Å²) in [4.78, 5) is 23.8. The average Bonchev–Trinajstić information content (AvgIpc) is 2.99. The number of rotatable bonds is 14. The van der Waals surface area contributed by atoms with Crippen LogP contribution in [0.1, 0.15) is 99.6 Å². The standard InChI is InChI=1S/C23H34O6/c1-16(24)12-13-17(25)10-8-6-4-3-5-7-9-11-20-19-14-18(26)15-21(28-2)22(19)23(27)29-20/h14-16,20,24,26H,3-13H2,1-2H3/t16-,20-/m1/s1. The lowest BCUT2D eigenvalue weighted by Crippen LogP contribution is -2.05. The predicted molar refractivity (Wildman–Crippen MR) is 110 cm³/mol. The van der Waals surface area contributed by atoms with Gasteiger partial charge in [-0.15, -0.1) is 0 Å². The molecule has 29 heavy (non-hydrogen) atoms. The molecule has 0 saturated heterocycles. The molecule has 1 aliphatic rings. The molecule has 1 aromatic rings. The first-order chi connectivity index (χ1) is 13.9. The molecule has 0 unspecified atom stereocenters. The zero-order valence-corrected chi connectivity index (χ0v) is 17.6. The minimum Gasteiger partial charge on any atom is -0.508 e. The van der Waals surface area contributed by atoms with E-state index in [1.807, 2.05) is 0 Å². The fourth-order valence-corrected chi connectivity index (χ4v) is 3.75. The third-order valence-electron chi connectivity index (χ3n) is 5.40. The van der Waals surface area contributed by atoms with E-state index in [4.69, 9.17) is 9.47 Å². The fourth-order valence-electron chi connectivity index (χ4n) is 3.75. The summed E-state index contributed by atoms with van der Waals surface area (Å²) in [6.45, 7) is 1.71. The van der Waals surface area contributed by atoms with Crippen LogP contribution in [0.5, 0.6) is 11.5 Å². The van der Waals surface area contributed by atoms with E-state index in [9.17, 15) is 19.8 Å². The van der Waals surface area contributed by atoms with E-state index >= 15 is 0 Å². The smallest absolute Gasteiger partial charge is 0.342 e. The van der Waals surface area contributed by atoms with Gasteiger partial charge in [0.15, 0.2) is 0 Å². The van der Waals surface area contributed by atoms with E-state index in [1.165, 1.54) is 13.2 Å². The van der Waals surface area contributed by atoms with Gasteiger partial charge in [0.25, 0.3) is 0 Å². The van der Waals surface area contributed by atoms with E-state index in [-0.39, 0.29) is 23.6 Å². The van der Waals surface area contributed by atoms with Crippen LogP contribution in [0.3, 0.4) is 0 Å². The number of methoxy groups -OCH3 is 1. The second kappa shape index (κ2) is 11.8. The van der Waals surface area contributed by atoms with Crippen LogP contribution in [0.15, 0.2) is 12.1 Å². The molecule has 0 amide bonds. The summed E-state index contributed by atoms with van der Waals surface area (Å²) < 4.78 is 10.7. The maximum atomic E-state index is 12.1. The van der Waals surface area contributed by atoms with E-state index < -0.39 is 6.10 Å². The molecule has 1 aromatic carbocycles. The second-order valence-corrected chi connectivity index (χ2v) is 7.95. The Labute approximate surface area is 173 Å². The molecule has 0 bridgehead atoms. The van der Waals surface area contributed by atoms with E-state index in [0.29, 0.717) is 36.1 Å². The Morgan fingerprint density at radius 3 is 2.41 bits per heavy atom. The maximum absolute atomic E-state index is 12.1. The monoisotopic (exact) mass is 406 g/mol. The van der Waals surface area contributed by atoms with Gasteiger partial charge in [0, 0.05) is 24.5 Å². The highest BCUT2D eigenvalue weighted by atomic mass is 16.6. The van der Waals surface area contributed by atoms with Crippen LogP contribution in [-0.4, -0.2) is 35.2 Å². The summed E-state index contributed by atoms with van der Waals surface area (Å²) in [5.41, 5.74) is 1.14. The average molecular weight is 407 g/mol. The normalized spacial score (nSPS) is 16.4. The number of carbonyl (C=O) groups is 2. The molecular weight excluding hydrogens is 372 g/mol. The Balaban J connectivity index is 1.58. The molecule has 0 aromatic heterocycles. The molecule has 2 rings (SSSR count). The van der Waals surface area contributed by atoms with Crippen molar-refractivity contribution in [1.82, 2.24) is 0 Å². The van der Waals surface area contributed by atoms with Crippen LogP contribution >= 0.6 is 0 Å². The van der Waals surface area contributed by atoms with Gasteiger partial charge < -0.3 is 19.7 Å². The highest BCUT2D eigenvalue weighted by molar-refractivity contribution is 5.97. The summed E-state index contributed by atoms with van der Waals surface area (Å²) in [5.74, 6) is 0.301. The molecule has 1 heterocycles. The molecule has 2 atom stereocenters. The van der Waals surface area contributed by atoms with Gasteiger partial charge in [-0.2, -0.15) is 0 Å². The van der Waals surface area contributed by atoms with Gasteiger partial charge in [-0.1, -0.05) is 32.1 Å². The first-order valence-corrected chi connectivity index (χ1v) is 10.7. The van der Waals surface area contributed by atoms with Gasteiger partial charge in [0.05, 0.1) is 13.2 Å². The minimum absolute atomic E-state index is 0.0771. The highest BCUT2D eigenvalue weighted by Crippen LogP contribution is 2.41. The number of hydrogen-bond donors (Lipinski definition) is 2. The molecule has 1 aliphatic heterocycles. The third kappa shape index (κ3) is 7.35. The molecule has 0 saturated carbocycles. The summed E-state index contributed by atoms with van der Waals surface area (Å²) >= 11 is 0. The minimum atomic E-state index is -0.395. The van der Waals surface area contributed by atoms with Gasteiger partial charge in [0.2, 0.25) is 0 Å². The van der Waals surface area contributed by atoms with Crippen molar-refractivity contribution >= 4 is 11.8 Å². The molecule has 0 fully saturated rings. The zero-order chi connectivity index (χ0) is 21.2. The van der Waals surface area contributed by atoms with Crippen molar-refractivity contribution in [3.8, 4) is 11.5 Å². The second-order valence-electron chi connectivity index (χ2n) is 7.95. The number of aliphatic hydroxyl groups is 1. The van der Waals surface area contributed by atoms with Crippen LogP contribution < -0.4 is 4.74 Å². The number of phenolic OH excluding ortho intramolecular Hbond substituents is 1. The zero-order valence-electron chi connectivity index (χ0n) is 17.6. The first kappa shape index (κ1) is 23.2. The number of benzene rings is 1. The number of cyclic esters (lactones) is 1. The Morgan fingerprint density at radius 1 is 1.10 bits per heavy atom. The van der Waals surface area contributed by atoms with Crippen LogP contribution in [-0.2, 0) is 9.53 Å². The number of ether oxygens (including phenoxy) is 2. The lowest BCUT2D eigenvalue weighted by atomic mass is 9.98. The number of phenols is 1. The van der Waals surface area contributed by atoms with Gasteiger partial charge in [-0.05, 0) is 38.7 Å². The number of aliphatic hydroxyl groups excluding tert-OH is 1. The summed E-state index contributed by atoms with van der Waals surface area (Å²) in [5, 5.41) is 19.0. The number of esters is 1. The van der Waals surface area contributed by atoms with Crippen molar-refractivity contribution in [3.63, 3.8) is 0 Å². The van der Waals surface area contributed by atoms with Gasteiger partial charge >= 0.3 is 5.97 Å². The largest absolute Gasteiger partial charge is 0.508 e. The van der Waals surface area contributed by atoms with Crippen LogP contribution in [0.25, 0.3) is 0 Å². The molecule has 6 heteroatoms. The first-order valence-electron chi connectivity index (χ1n) is 10.7. The number of hydrogen-bond acceptors (Lipinski definition) is 6. The number of Topliss-reactive ketones (excluding diaryl/α,β-unsaturated/α-hetero) is 1. The molecule has 0 spiro atoms. The number of unbranched alkanes of at least 4 members (excludes halogenated alkanes) is 6. The fraction of sp³-hybridized carbons (Fsp3) is 0.652. The van der Waals surface area contributed by atoms with Crippen molar-refractivity contribution in [1.29, 1.82) is 0 Å². The Morgan fingerprint density at radius 2 is 1.76 bits per heavy atom. The lowest BCUT2D eigenvalue weighted by Gasteiger charge is -2.11. The lowest BCUT2D eigenvalue weighted by molar-refractivity contribution is -0.119. The predicted octanol–water partition coefficient (Wildman–Crippen LogP) is 4.85. The summed E-state index contributed by atoms with van der Waals surface area (Å²) in [7, 11) is 1.47. The van der Waals surface area contributed by atoms with Crippen molar-refractivity contribution in [2.45, 2.75) is 89.8 Å². The topological polar surface area (TPSA) is 93.1 Å². The van der Waals surface area contributed by atoms with Crippen molar-refractivity contribution < 1.29 is 29.3 Å². The molecule has 0 radical (unpaired) electrons. The van der Waals surface area contributed by atoms with E-state index in [2.05, 4.69) is 0 Å². The number of carbonyl (C=O) groups excluding carboxylic acids is 2. The van der Waals surface area contributed by atoms with Gasteiger partial charge in [-0.3, -0.25) is 4.79 Å². The summed E-state index contributed by atoms with van der Waals surface area (Å²) in [6.07, 6.45) is 9.08. The highest BCUT2D eigenvalue weighted by Gasteiger charge is 2.34. The number of ketones is 1. The summed E-state index contributed by atoms with van der Waals surface area (Å²) in [6, 6.07) is 3.03. The number of fused-ring (bicyclic) bond motifs is 1. The molecule has 6 nitrogen and oxygen atoms in total. The molecule has 162 valence electrons. The SMILES string of the molecule is COc1cc(O)cc2c1C(=O)O[C@@H]2CCCCCCCCCC(=O)CC[C@@H](C)O. The maximum Gasteiger partial charge on any atom is 0.342 e. The van der Waals surface area contributed by atoms with Crippen LogP contribution in [0.2, 0.25) is 0 Å². The van der Waals surface area contributed by atoms with Gasteiger partial charge in [-0.25, -0.2) is 4.79 Å². The van der Waals surface area contributed by atoms with Crippen molar-refractivity contribution in [3.05, 3.63) is 23.3 Å². The quantitative estimate of drug-likeness (QED) is 0.339. The van der Waals surface area contributed by atoms with E-state index in [1.54, 1.807) is 13.0 Å². The molecule has 2 N–H and O–H groups in total. The van der Waals surface area contributed by atoms with E-state index in [0.717, 1.165) is 51.4 Å². The molecular formula is C23H34O6. The Kier molecular flexibility index (Phi) is 9.45. The van der Waals surface area contributed by atoms with Crippen LogP contribution in [0, 0.1) is 0 Å². The Bertz CT molecular complexity index is 682. The van der Waals surface area contributed by atoms with Crippen molar-refractivity contribution in [2.75, 3.05) is 7.11 Å². The van der Waals surface area contributed by atoms with Crippen molar-refractivity contribution in [2.24, 2.45) is 0 Å².